The van der Waals surface area contributed by atoms with Crippen LogP contribution in [0.2, 0.25) is 0 Å². The zero-order chi connectivity index (χ0) is 23.6. The third kappa shape index (κ3) is 5.40. The SMILES string of the molecule is COc1ccc(C=Cc2cc(C)cc(=O)n2OS(=O)(=O)C(F)(F)C(F)C(F)(F)F)cc1. The average molecular weight is 471 g/mol. The van der Waals surface area contributed by atoms with Crippen molar-refractivity contribution in [3.8, 4) is 5.75 Å². The Bertz CT molecular complexity index is 1120. The van der Waals surface area contributed by atoms with Crippen molar-refractivity contribution in [1.82, 2.24) is 4.73 Å². The smallest absolute Gasteiger partial charge is 0.426 e. The van der Waals surface area contributed by atoms with Crippen molar-refractivity contribution in [3.05, 3.63) is 63.6 Å². The van der Waals surface area contributed by atoms with Crippen LogP contribution in [0.25, 0.3) is 12.2 Å². The van der Waals surface area contributed by atoms with E-state index >= 15 is 0 Å². The Balaban J connectivity index is 2.47. The van der Waals surface area contributed by atoms with Gasteiger partial charge in [-0.05, 0) is 42.3 Å². The van der Waals surface area contributed by atoms with E-state index in [1.54, 1.807) is 24.3 Å². The Hall–Kier alpha value is -2.96. The zero-order valence-corrected chi connectivity index (χ0v) is 16.7. The fraction of sp³-hybridized carbons (Fsp3) is 0.278. The summed E-state index contributed by atoms with van der Waals surface area (Å²) in [5.74, 6) is 0.520. The van der Waals surface area contributed by atoms with Gasteiger partial charge in [-0.25, -0.2) is 4.39 Å². The molecule has 0 radical (unpaired) electrons. The maximum atomic E-state index is 13.7. The Morgan fingerprint density at radius 3 is 2.13 bits per heavy atom. The lowest BCUT2D eigenvalue weighted by molar-refractivity contribution is -0.223. The highest BCUT2D eigenvalue weighted by Gasteiger charge is 2.66. The number of alkyl halides is 6. The van der Waals surface area contributed by atoms with Crippen LogP contribution >= 0.6 is 0 Å². The Morgan fingerprint density at radius 1 is 1.03 bits per heavy atom. The molecular weight excluding hydrogens is 456 g/mol. The summed E-state index contributed by atoms with van der Waals surface area (Å²) in [4.78, 5) is 12.1. The molecule has 13 heteroatoms. The van der Waals surface area contributed by atoms with Gasteiger partial charge < -0.3 is 4.74 Å². The van der Waals surface area contributed by atoms with Gasteiger partial charge in [-0.2, -0.15) is 30.4 Å². The maximum Gasteiger partial charge on any atom is 0.426 e. The Morgan fingerprint density at radius 2 is 1.61 bits per heavy atom. The van der Waals surface area contributed by atoms with E-state index in [4.69, 9.17) is 4.74 Å². The molecule has 1 unspecified atom stereocenters. The molecule has 0 bridgehead atoms. The second-order valence-corrected chi connectivity index (χ2v) is 7.79. The molecule has 1 atom stereocenters. The molecule has 0 saturated carbocycles. The maximum absolute atomic E-state index is 13.7. The van der Waals surface area contributed by atoms with Gasteiger partial charge in [0.1, 0.15) is 5.75 Å². The fourth-order valence-electron chi connectivity index (χ4n) is 2.27. The lowest BCUT2D eigenvalue weighted by Gasteiger charge is -2.22. The number of aryl methyl sites for hydroxylation is 1. The predicted molar refractivity (Wildman–Crippen MR) is 98.8 cm³/mol. The second-order valence-electron chi connectivity index (χ2n) is 6.19. The van der Waals surface area contributed by atoms with Crippen LogP contribution in [0.15, 0.2) is 41.2 Å². The molecule has 0 aliphatic rings. The van der Waals surface area contributed by atoms with Gasteiger partial charge in [0.15, 0.2) is 0 Å². The molecule has 31 heavy (non-hydrogen) atoms. The highest BCUT2D eigenvalue weighted by atomic mass is 32.2. The minimum atomic E-state index is -6.56. The van der Waals surface area contributed by atoms with E-state index in [1.807, 2.05) is 0 Å². The van der Waals surface area contributed by atoms with Crippen molar-refractivity contribution in [2.75, 3.05) is 7.11 Å². The number of hydrogen-bond donors (Lipinski definition) is 0. The highest BCUT2D eigenvalue weighted by molar-refractivity contribution is 7.88. The zero-order valence-electron chi connectivity index (χ0n) is 15.9. The summed E-state index contributed by atoms with van der Waals surface area (Å²) in [7, 11) is -5.13. The van der Waals surface area contributed by atoms with Crippen LogP contribution in [0.1, 0.15) is 16.8 Å². The second kappa shape index (κ2) is 8.65. The van der Waals surface area contributed by atoms with Crippen LogP contribution in [0, 0.1) is 6.92 Å². The number of halogens is 6. The first kappa shape index (κ1) is 24.3. The first-order valence-corrected chi connectivity index (χ1v) is 9.69. The number of aromatic nitrogens is 1. The van der Waals surface area contributed by atoms with E-state index in [0.717, 1.165) is 18.2 Å². The standard InChI is InChI=1S/C18H15F6NO5S/c1-11-9-13(6-3-12-4-7-14(29-2)8-5-12)25(15(26)10-11)30-31(27,28)18(23,24)16(19)17(20,21)22/h3-10,16H,1-2H3. The third-order valence-electron chi connectivity index (χ3n) is 3.81. The number of benzene rings is 1. The molecule has 170 valence electrons. The van der Waals surface area contributed by atoms with Crippen molar-refractivity contribution >= 4 is 22.3 Å². The van der Waals surface area contributed by atoms with E-state index in [9.17, 15) is 39.6 Å². The van der Waals surface area contributed by atoms with Crippen molar-refractivity contribution in [1.29, 1.82) is 0 Å². The van der Waals surface area contributed by atoms with E-state index in [-0.39, 0.29) is 10.3 Å². The Kier molecular flexibility index (Phi) is 6.78. The lowest BCUT2D eigenvalue weighted by Crippen LogP contribution is -2.51. The molecule has 2 rings (SSSR count). The quantitative estimate of drug-likeness (QED) is 0.578. The van der Waals surface area contributed by atoms with Gasteiger partial charge in [0, 0.05) is 6.07 Å². The third-order valence-corrected chi connectivity index (χ3v) is 5.03. The first-order valence-electron chi connectivity index (χ1n) is 8.28. The number of rotatable bonds is 7. The molecule has 1 heterocycles. The monoisotopic (exact) mass is 471 g/mol. The van der Waals surface area contributed by atoms with Gasteiger partial charge >= 0.3 is 21.5 Å². The minimum Gasteiger partial charge on any atom is -0.497 e. The number of nitrogens with zero attached hydrogens (tertiary/aromatic N) is 1. The molecule has 0 amide bonds. The molecule has 0 saturated heterocycles. The largest absolute Gasteiger partial charge is 0.497 e. The van der Waals surface area contributed by atoms with Crippen LogP contribution in [0.4, 0.5) is 26.3 Å². The summed E-state index contributed by atoms with van der Waals surface area (Å²) >= 11 is 0. The molecular formula is C18H15F6NO5S. The van der Waals surface area contributed by atoms with Crippen LogP contribution < -0.4 is 14.6 Å². The topological polar surface area (TPSA) is 74.6 Å². The van der Waals surface area contributed by atoms with E-state index in [0.29, 0.717) is 11.3 Å². The van der Waals surface area contributed by atoms with Crippen molar-refractivity contribution in [2.24, 2.45) is 0 Å². The number of hydrogen-bond acceptors (Lipinski definition) is 5. The molecule has 1 aromatic carbocycles. The Labute approximate surface area is 172 Å². The molecule has 0 fully saturated rings. The normalized spacial score (nSPS) is 13.9. The molecule has 0 N–H and O–H groups in total. The molecule has 1 aromatic heterocycles. The van der Waals surface area contributed by atoms with E-state index < -0.39 is 39.0 Å². The van der Waals surface area contributed by atoms with Crippen molar-refractivity contribution in [3.63, 3.8) is 0 Å². The molecule has 0 aliphatic carbocycles. The number of ether oxygens (including phenoxy) is 1. The first-order chi connectivity index (χ1) is 14.2. The van der Waals surface area contributed by atoms with Crippen molar-refractivity contribution in [2.45, 2.75) is 24.5 Å². The summed E-state index contributed by atoms with van der Waals surface area (Å²) in [5, 5.41) is -6.01. The summed E-state index contributed by atoms with van der Waals surface area (Å²) < 4.78 is 110. The van der Waals surface area contributed by atoms with Crippen LogP contribution in [-0.2, 0) is 10.1 Å². The number of methoxy groups -OCH3 is 1. The minimum absolute atomic E-state index is 0.167. The summed E-state index contributed by atoms with van der Waals surface area (Å²) in [5.41, 5.74) is -0.906. The number of pyridine rings is 1. The van der Waals surface area contributed by atoms with Crippen LogP contribution in [0.5, 0.6) is 5.75 Å². The predicted octanol–water partition coefficient (Wildman–Crippen LogP) is 3.59. The van der Waals surface area contributed by atoms with Gasteiger partial charge in [-0.15, -0.1) is 4.73 Å². The summed E-state index contributed by atoms with van der Waals surface area (Å²) in [6.07, 6.45) is -8.81. The van der Waals surface area contributed by atoms with Gasteiger partial charge in [0.05, 0.1) is 12.8 Å². The highest BCUT2D eigenvalue weighted by Crippen LogP contribution is 2.38. The molecule has 6 nitrogen and oxygen atoms in total. The molecule has 0 spiro atoms. The van der Waals surface area contributed by atoms with Crippen LogP contribution in [-0.4, -0.2) is 37.9 Å². The van der Waals surface area contributed by atoms with Crippen LogP contribution in [0.3, 0.4) is 0 Å². The van der Waals surface area contributed by atoms with E-state index in [1.165, 1.54) is 20.1 Å². The summed E-state index contributed by atoms with van der Waals surface area (Å²) in [6, 6.07) is 8.21. The van der Waals surface area contributed by atoms with E-state index in [2.05, 4.69) is 4.28 Å². The van der Waals surface area contributed by atoms with Gasteiger partial charge in [0.25, 0.3) is 11.7 Å². The fourth-order valence-corrected chi connectivity index (χ4v) is 3.11. The summed E-state index contributed by atoms with van der Waals surface area (Å²) in [6.45, 7) is 1.42. The van der Waals surface area contributed by atoms with Gasteiger partial charge in [0.2, 0.25) is 0 Å². The van der Waals surface area contributed by atoms with Gasteiger partial charge in [-0.3, -0.25) is 9.08 Å². The lowest BCUT2D eigenvalue weighted by atomic mass is 10.1. The average Bonchev–Trinajstić information content (AvgIpc) is 2.67. The molecule has 0 aliphatic heterocycles. The van der Waals surface area contributed by atoms with Crippen molar-refractivity contribution < 1.29 is 43.8 Å². The molecule has 2 aromatic rings. The van der Waals surface area contributed by atoms with Gasteiger partial charge in [-0.1, -0.05) is 18.2 Å².